The molecule has 1 heterocycles. The van der Waals surface area contributed by atoms with Gasteiger partial charge in [-0.05, 0) is 24.1 Å². The number of benzene rings is 1. The van der Waals surface area contributed by atoms with E-state index in [1.54, 1.807) is 7.05 Å². The zero-order valence-electron chi connectivity index (χ0n) is 12.2. The Balaban J connectivity index is 2.04. The first-order valence-corrected chi connectivity index (χ1v) is 7.06. The van der Waals surface area contributed by atoms with Crippen molar-refractivity contribution in [1.29, 1.82) is 0 Å². The monoisotopic (exact) mass is 282 g/mol. The highest BCUT2D eigenvalue weighted by Crippen LogP contribution is 2.37. The van der Waals surface area contributed by atoms with Crippen molar-refractivity contribution in [1.82, 2.24) is 4.98 Å². The molecule has 1 aromatic heterocycles. The highest BCUT2D eigenvalue weighted by Gasteiger charge is 2.29. The van der Waals surface area contributed by atoms with Gasteiger partial charge in [0.15, 0.2) is 5.78 Å². The Morgan fingerprint density at radius 3 is 2.90 bits per heavy atom. The van der Waals surface area contributed by atoms with Crippen molar-refractivity contribution in [2.75, 3.05) is 7.05 Å². The van der Waals surface area contributed by atoms with Crippen molar-refractivity contribution >= 4 is 22.9 Å². The molecule has 1 aliphatic carbocycles. The molecule has 0 bridgehead atoms. The van der Waals surface area contributed by atoms with Crippen LogP contribution in [0.3, 0.4) is 0 Å². The number of hydrogen-bond acceptors (Lipinski definition) is 3. The fraction of sp³-hybridized carbons (Fsp3) is 0.294. The molecule has 21 heavy (non-hydrogen) atoms. The molecule has 4 heteroatoms. The summed E-state index contributed by atoms with van der Waals surface area (Å²) in [6.07, 6.45) is 4.30. The zero-order valence-corrected chi connectivity index (χ0v) is 12.2. The van der Waals surface area contributed by atoms with E-state index in [4.69, 9.17) is 0 Å². The molecule has 0 saturated carbocycles. The van der Waals surface area contributed by atoms with E-state index in [1.165, 1.54) is 11.8 Å². The Morgan fingerprint density at radius 1 is 1.38 bits per heavy atom. The van der Waals surface area contributed by atoms with Crippen LogP contribution in [0.1, 0.15) is 29.9 Å². The standard InChI is InChI=1S/C17H18N2O2/c1-10-4-3-5-14-17(10)12(9-19-14)11-6-15(20)13(8-18-2)16(21)7-11/h3-5,8-9,11,19-20H,6-7H2,1-2H3. The Bertz CT molecular complexity index is 768. The molecule has 0 fully saturated rings. The zero-order chi connectivity index (χ0) is 15.0. The van der Waals surface area contributed by atoms with Crippen molar-refractivity contribution in [2.24, 2.45) is 4.99 Å². The first kappa shape index (κ1) is 13.6. The van der Waals surface area contributed by atoms with E-state index in [0.29, 0.717) is 18.4 Å². The second-order valence-electron chi connectivity index (χ2n) is 5.52. The van der Waals surface area contributed by atoms with Gasteiger partial charge in [-0.1, -0.05) is 12.1 Å². The number of allylic oxidation sites excluding steroid dienone is 2. The molecule has 0 amide bonds. The molecular weight excluding hydrogens is 264 g/mol. The first-order valence-electron chi connectivity index (χ1n) is 7.06. The van der Waals surface area contributed by atoms with Gasteiger partial charge in [-0.25, -0.2) is 0 Å². The molecule has 0 saturated heterocycles. The molecule has 0 spiro atoms. The normalized spacial score (nSPS) is 19.9. The lowest BCUT2D eigenvalue weighted by molar-refractivity contribution is -0.116. The fourth-order valence-electron chi connectivity index (χ4n) is 3.13. The number of aliphatic hydroxyl groups is 1. The quantitative estimate of drug-likeness (QED) is 0.829. The van der Waals surface area contributed by atoms with Crippen molar-refractivity contribution < 1.29 is 9.90 Å². The largest absolute Gasteiger partial charge is 0.511 e. The van der Waals surface area contributed by atoms with Crippen LogP contribution in [-0.4, -0.2) is 29.1 Å². The van der Waals surface area contributed by atoms with Crippen LogP contribution in [0.25, 0.3) is 10.9 Å². The van der Waals surface area contributed by atoms with E-state index in [1.807, 2.05) is 18.3 Å². The Kier molecular flexibility index (Phi) is 3.37. The molecule has 1 aromatic carbocycles. The summed E-state index contributed by atoms with van der Waals surface area (Å²) in [5.41, 5.74) is 3.71. The number of fused-ring (bicyclic) bond motifs is 1. The fourth-order valence-corrected chi connectivity index (χ4v) is 3.13. The number of nitrogens with one attached hydrogen (secondary N) is 1. The van der Waals surface area contributed by atoms with Gasteiger partial charge < -0.3 is 10.1 Å². The smallest absolute Gasteiger partial charge is 0.168 e. The molecule has 2 aromatic rings. The van der Waals surface area contributed by atoms with Gasteiger partial charge in [-0.3, -0.25) is 9.79 Å². The lowest BCUT2D eigenvalue weighted by atomic mass is 9.82. The maximum atomic E-state index is 12.2. The number of Topliss-reactive ketones (excluding diaryl/α,β-unsaturated/α-hetero) is 1. The third kappa shape index (κ3) is 2.27. The predicted octanol–water partition coefficient (Wildman–Crippen LogP) is 3.44. The molecule has 0 radical (unpaired) electrons. The highest BCUT2D eigenvalue weighted by molar-refractivity contribution is 6.14. The first-order chi connectivity index (χ1) is 10.1. The van der Waals surface area contributed by atoms with Gasteiger partial charge in [0.2, 0.25) is 0 Å². The molecule has 2 N–H and O–H groups in total. The number of hydrogen-bond donors (Lipinski definition) is 2. The van der Waals surface area contributed by atoms with Gasteiger partial charge in [-0.2, -0.15) is 0 Å². The molecule has 108 valence electrons. The molecule has 1 atom stereocenters. The van der Waals surface area contributed by atoms with Gasteiger partial charge in [0, 0.05) is 49.1 Å². The van der Waals surface area contributed by atoms with E-state index < -0.39 is 0 Å². The summed E-state index contributed by atoms with van der Waals surface area (Å²) in [5, 5.41) is 11.3. The number of nitrogens with zero attached hydrogens (tertiary/aromatic N) is 1. The van der Waals surface area contributed by atoms with Crippen molar-refractivity contribution in [3.63, 3.8) is 0 Å². The Labute approximate surface area is 123 Å². The van der Waals surface area contributed by atoms with Crippen molar-refractivity contribution in [2.45, 2.75) is 25.7 Å². The number of aromatic nitrogens is 1. The third-order valence-electron chi connectivity index (χ3n) is 4.13. The number of aliphatic imine (C=N–C) groups is 1. The SMILES string of the molecule is CN=CC1=C(O)CC(c2c[nH]c3cccc(C)c23)CC1=O. The lowest BCUT2D eigenvalue weighted by Crippen LogP contribution is -2.19. The second-order valence-corrected chi connectivity index (χ2v) is 5.52. The third-order valence-corrected chi connectivity index (χ3v) is 4.13. The average molecular weight is 282 g/mol. The summed E-state index contributed by atoms with van der Waals surface area (Å²) in [7, 11) is 1.60. The van der Waals surface area contributed by atoms with Crippen LogP contribution in [0.15, 0.2) is 40.7 Å². The lowest BCUT2D eigenvalue weighted by Gasteiger charge is -2.22. The number of ketones is 1. The average Bonchev–Trinajstić information content (AvgIpc) is 2.88. The molecule has 0 aliphatic heterocycles. The molecular formula is C17H18N2O2. The Morgan fingerprint density at radius 2 is 2.19 bits per heavy atom. The van der Waals surface area contributed by atoms with Crippen molar-refractivity contribution in [3.05, 3.63) is 46.9 Å². The second kappa shape index (κ2) is 5.20. The van der Waals surface area contributed by atoms with Gasteiger partial charge in [-0.15, -0.1) is 0 Å². The summed E-state index contributed by atoms with van der Waals surface area (Å²) >= 11 is 0. The summed E-state index contributed by atoms with van der Waals surface area (Å²) in [5.74, 6) is 0.114. The van der Waals surface area contributed by atoms with Gasteiger partial charge in [0.25, 0.3) is 0 Å². The topological polar surface area (TPSA) is 65.5 Å². The van der Waals surface area contributed by atoms with Crippen LogP contribution in [0.4, 0.5) is 0 Å². The van der Waals surface area contributed by atoms with E-state index in [2.05, 4.69) is 23.0 Å². The number of rotatable bonds is 2. The number of aryl methyl sites for hydroxylation is 1. The molecule has 1 aliphatic rings. The summed E-state index contributed by atoms with van der Waals surface area (Å²) in [4.78, 5) is 19.3. The van der Waals surface area contributed by atoms with Gasteiger partial charge in [0.05, 0.1) is 5.57 Å². The maximum Gasteiger partial charge on any atom is 0.168 e. The summed E-state index contributed by atoms with van der Waals surface area (Å²) in [6.45, 7) is 2.06. The van der Waals surface area contributed by atoms with Crippen LogP contribution in [-0.2, 0) is 4.79 Å². The summed E-state index contributed by atoms with van der Waals surface area (Å²) in [6, 6.07) is 6.10. The van der Waals surface area contributed by atoms with E-state index >= 15 is 0 Å². The van der Waals surface area contributed by atoms with Crippen LogP contribution in [0, 0.1) is 6.92 Å². The van der Waals surface area contributed by atoms with E-state index in [9.17, 15) is 9.90 Å². The van der Waals surface area contributed by atoms with Crippen LogP contribution >= 0.6 is 0 Å². The molecule has 1 unspecified atom stereocenters. The maximum absolute atomic E-state index is 12.2. The van der Waals surface area contributed by atoms with E-state index in [0.717, 1.165) is 16.5 Å². The minimum absolute atomic E-state index is 0.0151. The number of aromatic amines is 1. The van der Waals surface area contributed by atoms with Gasteiger partial charge >= 0.3 is 0 Å². The number of H-pyrrole nitrogens is 1. The molecule has 4 nitrogen and oxygen atoms in total. The Hall–Kier alpha value is -2.36. The summed E-state index contributed by atoms with van der Waals surface area (Å²) < 4.78 is 0. The van der Waals surface area contributed by atoms with Crippen molar-refractivity contribution in [3.8, 4) is 0 Å². The highest BCUT2D eigenvalue weighted by atomic mass is 16.3. The van der Waals surface area contributed by atoms with Gasteiger partial charge in [0.1, 0.15) is 5.76 Å². The number of carbonyl (C=O) groups is 1. The molecule has 3 rings (SSSR count). The number of aliphatic hydroxyl groups excluding tert-OH is 1. The van der Waals surface area contributed by atoms with Crippen LogP contribution in [0.2, 0.25) is 0 Å². The minimum Gasteiger partial charge on any atom is -0.511 e. The van der Waals surface area contributed by atoms with E-state index in [-0.39, 0.29) is 17.5 Å². The predicted molar refractivity (Wildman–Crippen MR) is 84.1 cm³/mol. The minimum atomic E-state index is -0.0442. The van der Waals surface area contributed by atoms with Crippen LogP contribution < -0.4 is 0 Å². The number of carbonyl (C=O) groups excluding carboxylic acids is 1. The van der Waals surface area contributed by atoms with Crippen LogP contribution in [0.5, 0.6) is 0 Å².